The molecule has 110 valence electrons. The molecule has 1 aliphatic rings. The first-order valence-electron chi connectivity index (χ1n) is 8.09. The predicted octanol–water partition coefficient (Wildman–Crippen LogP) is 3.83. The minimum Gasteiger partial charge on any atom is -0.310 e. The van der Waals surface area contributed by atoms with Crippen LogP contribution < -0.4 is 5.32 Å². The van der Waals surface area contributed by atoms with Gasteiger partial charge in [0.05, 0.1) is 0 Å². The van der Waals surface area contributed by atoms with Crippen molar-refractivity contribution in [2.75, 3.05) is 6.54 Å². The van der Waals surface area contributed by atoms with Gasteiger partial charge in [0.15, 0.2) is 0 Å². The van der Waals surface area contributed by atoms with E-state index in [1.54, 1.807) is 0 Å². The van der Waals surface area contributed by atoms with Crippen LogP contribution in [0.4, 0.5) is 0 Å². The number of pyridine rings is 1. The van der Waals surface area contributed by atoms with Crippen LogP contribution in [0.3, 0.4) is 0 Å². The smallest absolute Gasteiger partial charge is 0.0447 e. The van der Waals surface area contributed by atoms with Crippen molar-refractivity contribution in [2.24, 2.45) is 0 Å². The summed E-state index contributed by atoms with van der Waals surface area (Å²) in [6, 6.07) is 11.9. The van der Waals surface area contributed by atoms with Crippen molar-refractivity contribution in [1.82, 2.24) is 10.3 Å². The van der Waals surface area contributed by atoms with Crippen LogP contribution in [-0.4, -0.2) is 11.5 Å². The molecule has 0 amide bonds. The van der Waals surface area contributed by atoms with Crippen molar-refractivity contribution in [2.45, 2.75) is 45.6 Å². The van der Waals surface area contributed by atoms with Crippen molar-refractivity contribution in [3.8, 4) is 0 Å². The van der Waals surface area contributed by atoms with Gasteiger partial charge in [-0.2, -0.15) is 0 Å². The molecule has 0 bridgehead atoms. The molecule has 2 nitrogen and oxygen atoms in total. The average molecular weight is 280 g/mol. The normalized spacial score (nSPS) is 17.0. The molecule has 1 unspecified atom stereocenters. The Morgan fingerprint density at radius 1 is 1.14 bits per heavy atom. The highest BCUT2D eigenvalue weighted by atomic mass is 14.9. The van der Waals surface area contributed by atoms with Crippen molar-refractivity contribution in [3.63, 3.8) is 0 Å². The van der Waals surface area contributed by atoms with Crippen LogP contribution in [0.15, 0.2) is 36.5 Å². The molecule has 0 saturated carbocycles. The number of hydrogen-bond donors (Lipinski definition) is 1. The number of nitrogens with one attached hydrogen (secondary N) is 1. The lowest BCUT2D eigenvalue weighted by molar-refractivity contribution is 0.549. The molecule has 1 N–H and O–H groups in total. The summed E-state index contributed by atoms with van der Waals surface area (Å²) in [5.41, 5.74) is 6.86. The molecular formula is C19H24N2. The maximum atomic E-state index is 4.57. The Labute approximate surface area is 127 Å². The first kappa shape index (κ1) is 14.3. The quantitative estimate of drug-likeness (QED) is 0.900. The Morgan fingerprint density at radius 2 is 2.00 bits per heavy atom. The van der Waals surface area contributed by atoms with E-state index in [1.807, 2.05) is 6.20 Å². The lowest BCUT2D eigenvalue weighted by Gasteiger charge is -2.12. The molecule has 0 saturated heterocycles. The molecule has 0 aliphatic heterocycles. The van der Waals surface area contributed by atoms with Crippen LogP contribution in [0.5, 0.6) is 0 Å². The zero-order valence-corrected chi connectivity index (χ0v) is 13.0. The molecule has 1 aromatic heterocycles. The fourth-order valence-electron chi connectivity index (χ4n) is 3.22. The molecule has 1 atom stereocenters. The van der Waals surface area contributed by atoms with E-state index in [2.05, 4.69) is 54.5 Å². The van der Waals surface area contributed by atoms with Gasteiger partial charge >= 0.3 is 0 Å². The lowest BCUT2D eigenvalue weighted by Crippen LogP contribution is -2.18. The monoisotopic (exact) mass is 280 g/mol. The highest BCUT2D eigenvalue weighted by Gasteiger charge is 2.21. The standard InChI is InChI=1S/C19H24N2/c1-3-14-5-8-17(21-13-14)12-15-6-9-18-16(11-15)7-10-19(18)20-4-2/h5-6,8-9,11,13,19-20H,3-4,7,10,12H2,1-2H3. The van der Waals surface area contributed by atoms with E-state index in [0.717, 1.165) is 25.1 Å². The van der Waals surface area contributed by atoms with Crippen molar-refractivity contribution < 1.29 is 0 Å². The summed E-state index contributed by atoms with van der Waals surface area (Å²) in [5.74, 6) is 0. The number of aryl methyl sites for hydroxylation is 2. The molecule has 2 aromatic rings. The van der Waals surface area contributed by atoms with E-state index in [4.69, 9.17) is 0 Å². The molecule has 0 spiro atoms. The summed E-state index contributed by atoms with van der Waals surface area (Å²) >= 11 is 0. The number of rotatable bonds is 5. The Hall–Kier alpha value is -1.67. The van der Waals surface area contributed by atoms with Gasteiger partial charge in [-0.05, 0) is 54.1 Å². The number of aromatic nitrogens is 1. The molecule has 2 heteroatoms. The molecule has 0 radical (unpaired) electrons. The number of hydrogen-bond acceptors (Lipinski definition) is 2. The summed E-state index contributed by atoms with van der Waals surface area (Å²) in [4.78, 5) is 4.57. The van der Waals surface area contributed by atoms with Gasteiger partial charge in [0, 0.05) is 24.4 Å². The molecule has 3 rings (SSSR count). The van der Waals surface area contributed by atoms with Crippen LogP contribution in [0.25, 0.3) is 0 Å². The van der Waals surface area contributed by atoms with Gasteiger partial charge in [0.25, 0.3) is 0 Å². The second kappa shape index (κ2) is 6.40. The van der Waals surface area contributed by atoms with E-state index in [0.29, 0.717) is 6.04 Å². The van der Waals surface area contributed by atoms with Gasteiger partial charge in [-0.15, -0.1) is 0 Å². The van der Waals surface area contributed by atoms with Gasteiger partial charge < -0.3 is 5.32 Å². The Balaban J connectivity index is 1.75. The summed E-state index contributed by atoms with van der Waals surface area (Å²) in [5, 5.41) is 3.57. The predicted molar refractivity (Wildman–Crippen MR) is 87.6 cm³/mol. The summed E-state index contributed by atoms with van der Waals surface area (Å²) in [6.07, 6.45) is 6.42. The third-order valence-corrected chi connectivity index (χ3v) is 4.42. The third-order valence-electron chi connectivity index (χ3n) is 4.42. The Bertz CT molecular complexity index is 601. The molecule has 0 fully saturated rings. The lowest BCUT2D eigenvalue weighted by atomic mass is 10.0. The summed E-state index contributed by atoms with van der Waals surface area (Å²) < 4.78 is 0. The van der Waals surface area contributed by atoms with Crippen LogP contribution in [-0.2, 0) is 19.3 Å². The van der Waals surface area contributed by atoms with Crippen molar-refractivity contribution >= 4 is 0 Å². The number of nitrogens with zero attached hydrogens (tertiary/aromatic N) is 1. The highest BCUT2D eigenvalue weighted by Crippen LogP contribution is 2.31. The van der Waals surface area contributed by atoms with E-state index >= 15 is 0 Å². The fourth-order valence-corrected chi connectivity index (χ4v) is 3.22. The van der Waals surface area contributed by atoms with Gasteiger partial charge in [-0.3, -0.25) is 4.98 Å². The SMILES string of the molecule is CCNC1CCc2cc(Cc3ccc(CC)cn3)ccc21. The minimum atomic E-state index is 0.556. The van der Waals surface area contributed by atoms with Gasteiger partial charge in [0.2, 0.25) is 0 Å². The highest BCUT2D eigenvalue weighted by molar-refractivity contribution is 5.39. The molecule has 1 aliphatic carbocycles. The minimum absolute atomic E-state index is 0.556. The second-order valence-electron chi connectivity index (χ2n) is 5.87. The zero-order valence-electron chi connectivity index (χ0n) is 13.0. The first-order valence-corrected chi connectivity index (χ1v) is 8.09. The van der Waals surface area contributed by atoms with Gasteiger partial charge in [0.1, 0.15) is 0 Å². The first-order chi connectivity index (χ1) is 10.3. The zero-order chi connectivity index (χ0) is 14.7. The Morgan fingerprint density at radius 3 is 2.71 bits per heavy atom. The maximum Gasteiger partial charge on any atom is 0.0447 e. The molecule has 21 heavy (non-hydrogen) atoms. The topological polar surface area (TPSA) is 24.9 Å². The second-order valence-corrected chi connectivity index (χ2v) is 5.87. The molecule has 1 heterocycles. The van der Waals surface area contributed by atoms with Crippen LogP contribution in [0.1, 0.15) is 54.3 Å². The molecular weight excluding hydrogens is 256 g/mol. The average Bonchev–Trinajstić information content (AvgIpc) is 2.91. The van der Waals surface area contributed by atoms with E-state index in [1.165, 1.54) is 35.1 Å². The summed E-state index contributed by atoms with van der Waals surface area (Å²) in [7, 11) is 0. The largest absolute Gasteiger partial charge is 0.310 e. The van der Waals surface area contributed by atoms with Crippen molar-refractivity contribution in [3.05, 3.63) is 64.5 Å². The summed E-state index contributed by atoms with van der Waals surface area (Å²) in [6.45, 7) is 5.38. The third kappa shape index (κ3) is 3.16. The van der Waals surface area contributed by atoms with E-state index < -0.39 is 0 Å². The number of benzene rings is 1. The number of fused-ring (bicyclic) bond motifs is 1. The van der Waals surface area contributed by atoms with E-state index in [-0.39, 0.29) is 0 Å². The van der Waals surface area contributed by atoms with Crippen LogP contribution >= 0.6 is 0 Å². The van der Waals surface area contributed by atoms with Crippen LogP contribution in [0.2, 0.25) is 0 Å². The van der Waals surface area contributed by atoms with E-state index in [9.17, 15) is 0 Å². The van der Waals surface area contributed by atoms with Crippen molar-refractivity contribution in [1.29, 1.82) is 0 Å². The Kier molecular flexibility index (Phi) is 4.35. The maximum absolute atomic E-state index is 4.57. The van der Waals surface area contributed by atoms with Gasteiger partial charge in [-0.1, -0.05) is 38.1 Å². The fraction of sp³-hybridized carbons (Fsp3) is 0.421. The molecule has 1 aromatic carbocycles. The van der Waals surface area contributed by atoms with Crippen LogP contribution in [0, 0.1) is 0 Å². The van der Waals surface area contributed by atoms with Gasteiger partial charge in [-0.25, -0.2) is 0 Å².